The maximum Gasteiger partial charge on any atom is 0.322 e. The number of ether oxygens (including phenoxy) is 4. The lowest BCUT2D eigenvalue weighted by Gasteiger charge is -2.35. The normalized spacial score (nSPS) is 42.5. The van der Waals surface area contributed by atoms with Gasteiger partial charge in [-0.1, -0.05) is 0 Å². The number of cyclic esters (lactones) is 2. The first-order chi connectivity index (χ1) is 9.09. The van der Waals surface area contributed by atoms with E-state index in [-0.39, 0.29) is 0 Å². The molecule has 3 fully saturated rings. The van der Waals surface area contributed by atoms with E-state index in [1.165, 1.54) is 0 Å². The van der Waals surface area contributed by atoms with Crippen LogP contribution in [0.1, 0.15) is 34.6 Å². The van der Waals surface area contributed by atoms with Crippen molar-refractivity contribution in [3.63, 3.8) is 0 Å². The molecule has 1 aliphatic carbocycles. The summed E-state index contributed by atoms with van der Waals surface area (Å²) in [6, 6.07) is 0. The summed E-state index contributed by atoms with van der Waals surface area (Å²) >= 11 is 0. The summed E-state index contributed by atoms with van der Waals surface area (Å²) in [6.45, 7) is 9.21. The van der Waals surface area contributed by atoms with Gasteiger partial charge in [-0.05, 0) is 34.6 Å². The molecule has 5 atom stereocenters. The average Bonchev–Trinajstić information content (AvgIpc) is 2.60. The Morgan fingerprint density at radius 3 is 1.85 bits per heavy atom. The van der Waals surface area contributed by atoms with Crippen molar-refractivity contribution < 1.29 is 28.5 Å². The van der Waals surface area contributed by atoms with E-state index in [4.69, 9.17) is 18.9 Å². The fourth-order valence-electron chi connectivity index (χ4n) is 3.30. The quantitative estimate of drug-likeness (QED) is 0.529. The molecule has 0 N–H and O–H groups in total. The van der Waals surface area contributed by atoms with E-state index in [1.807, 2.05) is 20.8 Å². The van der Waals surface area contributed by atoms with Gasteiger partial charge in [0.2, 0.25) is 0 Å². The Morgan fingerprint density at radius 1 is 1.00 bits per heavy atom. The van der Waals surface area contributed by atoms with Crippen LogP contribution in [-0.4, -0.2) is 41.6 Å². The van der Waals surface area contributed by atoms with Crippen LogP contribution in [0.3, 0.4) is 0 Å². The van der Waals surface area contributed by atoms with Crippen molar-refractivity contribution in [2.24, 2.45) is 11.8 Å². The highest BCUT2D eigenvalue weighted by atomic mass is 16.8. The van der Waals surface area contributed by atoms with Gasteiger partial charge in [0.25, 0.3) is 0 Å². The summed E-state index contributed by atoms with van der Waals surface area (Å²) in [5.74, 6) is -3.16. The van der Waals surface area contributed by atoms with Crippen LogP contribution in [0.5, 0.6) is 0 Å². The molecule has 6 nitrogen and oxygen atoms in total. The molecule has 2 aliphatic heterocycles. The molecule has 112 valence electrons. The van der Waals surface area contributed by atoms with Gasteiger partial charge >= 0.3 is 11.9 Å². The van der Waals surface area contributed by atoms with E-state index in [0.29, 0.717) is 0 Å². The molecule has 0 aromatic carbocycles. The lowest BCUT2D eigenvalue weighted by Crippen LogP contribution is -2.49. The summed E-state index contributed by atoms with van der Waals surface area (Å²) in [5.41, 5.74) is -0.465. The van der Waals surface area contributed by atoms with Crippen molar-refractivity contribution in [2.45, 2.75) is 64.3 Å². The molecule has 3 aliphatic rings. The standard InChI is InChI=1S/C14H20O6/c1-13(2,3)18-8-6-9-10(20-14(4,5)19-9)7(8)12(16)17-11(6)15/h6-10H,1-5H3/t6-,7+,8?,9+,10-. The predicted molar refractivity (Wildman–Crippen MR) is 66.5 cm³/mol. The molecule has 1 unspecified atom stereocenters. The predicted octanol–water partition coefficient (Wildman–Crippen LogP) is 1.02. The van der Waals surface area contributed by atoms with Crippen molar-refractivity contribution in [1.29, 1.82) is 0 Å². The summed E-state index contributed by atoms with van der Waals surface area (Å²) in [5, 5.41) is 0. The van der Waals surface area contributed by atoms with Gasteiger partial charge in [-0.25, -0.2) is 0 Å². The Balaban J connectivity index is 1.96. The SMILES string of the molecule is CC(C)(C)OC1[C@H]2C(=O)OC(=O)[C@@H]1[C@H]1OC(C)(C)O[C@H]12. The molecule has 0 aromatic heterocycles. The monoisotopic (exact) mass is 284 g/mol. The molecule has 6 heteroatoms. The second-order valence-electron chi connectivity index (χ2n) is 7.05. The molecular weight excluding hydrogens is 264 g/mol. The molecule has 2 heterocycles. The molecule has 3 rings (SSSR count). The highest BCUT2D eigenvalue weighted by molar-refractivity contribution is 5.94. The van der Waals surface area contributed by atoms with Crippen molar-refractivity contribution >= 4 is 11.9 Å². The Morgan fingerprint density at radius 2 is 1.45 bits per heavy atom. The first kappa shape index (κ1) is 14.0. The van der Waals surface area contributed by atoms with Gasteiger partial charge in [0, 0.05) is 0 Å². The summed E-state index contributed by atoms with van der Waals surface area (Å²) in [4.78, 5) is 24.1. The zero-order valence-corrected chi connectivity index (χ0v) is 12.3. The number of hydrogen-bond donors (Lipinski definition) is 0. The van der Waals surface area contributed by atoms with Gasteiger partial charge in [-0.2, -0.15) is 0 Å². The fourth-order valence-corrected chi connectivity index (χ4v) is 3.30. The highest BCUT2D eigenvalue weighted by Gasteiger charge is 2.68. The van der Waals surface area contributed by atoms with Gasteiger partial charge in [0.05, 0.1) is 11.7 Å². The Bertz CT molecular complexity index is 431. The highest BCUT2D eigenvalue weighted by Crippen LogP contribution is 2.50. The molecule has 0 radical (unpaired) electrons. The summed E-state index contributed by atoms with van der Waals surface area (Å²) in [7, 11) is 0. The van der Waals surface area contributed by atoms with Gasteiger partial charge in [-0.3, -0.25) is 9.59 Å². The van der Waals surface area contributed by atoms with Crippen LogP contribution in [0, 0.1) is 11.8 Å². The van der Waals surface area contributed by atoms with Gasteiger partial charge in [-0.15, -0.1) is 0 Å². The van der Waals surface area contributed by atoms with Crippen LogP contribution >= 0.6 is 0 Å². The average molecular weight is 284 g/mol. The molecular formula is C14H20O6. The molecule has 0 spiro atoms. The maximum absolute atomic E-state index is 12.1. The van der Waals surface area contributed by atoms with Crippen LogP contribution < -0.4 is 0 Å². The van der Waals surface area contributed by atoms with Gasteiger partial charge in [0.1, 0.15) is 24.0 Å². The number of fused-ring (bicyclic) bond motifs is 5. The van der Waals surface area contributed by atoms with E-state index >= 15 is 0 Å². The third kappa shape index (κ3) is 2.06. The minimum Gasteiger partial charge on any atom is -0.392 e. The largest absolute Gasteiger partial charge is 0.392 e. The molecule has 2 bridgehead atoms. The number of carbonyl (C=O) groups is 2. The number of rotatable bonds is 1. The molecule has 0 aromatic rings. The van der Waals surface area contributed by atoms with E-state index in [9.17, 15) is 9.59 Å². The smallest absolute Gasteiger partial charge is 0.322 e. The van der Waals surface area contributed by atoms with Gasteiger partial charge in [0.15, 0.2) is 5.79 Å². The molecule has 1 saturated carbocycles. The first-order valence-corrected chi connectivity index (χ1v) is 6.88. The van der Waals surface area contributed by atoms with Crippen LogP contribution in [-0.2, 0) is 28.5 Å². The van der Waals surface area contributed by atoms with Gasteiger partial charge < -0.3 is 18.9 Å². The molecule has 20 heavy (non-hydrogen) atoms. The number of esters is 2. The first-order valence-electron chi connectivity index (χ1n) is 6.88. The second kappa shape index (κ2) is 4.02. The zero-order valence-electron chi connectivity index (χ0n) is 12.3. The van der Waals surface area contributed by atoms with Crippen LogP contribution in [0.2, 0.25) is 0 Å². The fraction of sp³-hybridized carbons (Fsp3) is 0.857. The molecule has 0 amide bonds. The lowest BCUT2D eigenvalue weighted by molar-refractivity contribution is -0.214. The Hall–Kier alpha value is -0.980. The number of carbonyl (C=O) groups excluding carboxylic acids is 2. The third-order valence-electron chi connectivity index (χ3n) is 3.81. The third-order valence-corrected chi connectivity index (χ3v) is 3.81. The Labute approximate surface area is 117 Å². The molecule has 2 saturated heterocycles. The van der Waals surface area contributed by atoms with Crippen LogP contribution in [0.25, 0.3) is 0 Å². The van der Waals surface area contributed by atoms with Crippen LogP contribution in [0.15, 0.2) is 0 Å². The topological polar surface area (TPSA) is 71.1 Å². The van der Waals surface area contributed by atoms with Crippen molar-refractivity contribution in [3.05, 3.63) is 0 Å². The minimum absolute atomic E-state index is 0.465. The summed E-state index contributed by atoms with van der Waals surface area (Å²) < 4.78 is 22.3. The van der Waals surface area contributed by atoms with Crippen molar-refractivity contribution in [3.8, 4) is 0 Å². The minimum atomic E-state index is -0.795. The second-order valence-corrected chi connectivity index (χ2v) is 7.05. The van der Waals surface area contributed by atoms with E-state index in [0.717, 1.165) is 0 Å². The zero-order chi connectivity index (χ0) is 14.9. The summed E-state index contributed by atoms with van der Waals surface area (Å²) in [6.07, 6.45) is -1.52. The van der Waals surface area contributed by atoms with E-state index in [1.54, 1.807) is 13.8 Å². The van der Waals surface area contributed by atoms with E-state index in [2.05, 4.69) is 0 Å². The van der Waals surface area contributed by atoms with Crippen LogP contribution in [0.4, 0.5) is 0 Å². The lowest BCUT2D eigenvalue weighted by atomic mass is 9.96. The number of hydrogen-bond acceptors (Lipinski definition) is 6. The maximum atomic E-state index is 12.1. The Kier molecular flexibility index (Phi) is 2.81. The van der Waals surface area contributed by atoms with E-state index < -0.39 is 53.5 Å². The van der Waals surface area contributed by atoms with Crippen molar-refractivity contribution in [2.75, 3.05) is 0 Å². The van der Waals surface area contributed by atoms with Crippen molar-refractivity contribution in [1.82, 2.24) is 0 Å².